The van der Waals surface area contributed by atoms with Crippen LogP contribution in [-0.2, 0) is 5.75 Å². The van der Waals surface area contributed by atoms with Gasteiger partial charge in [-0.3, -0.25) is 0 Å². The lowest BCUT2D eigenvalue weighted by Gasteiger charge is -2.02. The molecule has 0 spiro atoms. The molecule has 0 saturated heterocycles. The fraction of sp³-hybridized carbons (Fsp3) is 0.133. The molecule has 0 fully saturated rings. The molecule has 106 valence electrons. The number of aromatic nitrogens is 3. The van der Waals surface area contributed by atoms with Crippen LogP contribution in [0.25, 0.3) is 5.65 Å². The molecule has 0 unspecified atom stereocenters. The van der Waals surface area contributed by atoms with E-state index in [-0.39, 0.29) is 5.56 Å². The molecule has 6 heteroatoms. The van der Waals surface area contributed by atoms with Crippen LogP contribution in [-0.4, -0.2) is 25.4 Å². The van der Waals surface area contributed by atoms with Gasteiger partial charge in [-0.05, 0) is 30.7 Å². The Morgan fingerprint density at radius 3 is 3.00 bits per heavy atom. The first-order valence-electron chi connectivity index (χ1n) is 6.39. The number of carboxylic acid groups (broad SMARTS) is 1. The van der Waals surface area contributed by atoms with Gasteiger partial charge in [-0.2, -0.15) is 0 Å². The minimum atomic E-state index is -0.962. The average Bonchev–Trinajstić information content (AvgIpc) is 2.87. The van der Waals surface area contributed by atoms with Crippen LogP contribution in [0.5, 0.6) is 0 Å². The average molecular weight is 299 g/mol. The van der Waals surface area contributed by atoms with E-state index in [1.165, 1.54) is 11.8 Å². The topological polar surface area (TPSA) is 67.5 Å². The first kappa shape index (κ1) is 13.6. The van der Waals surface area contributed by atoms with Crippen LogP contribution in [0.3, 0.4) is 0 Å². The molecular weight excluding hydrogens is 286 g/mol. The Labute approximate surface area is 125 Å². The SMILES string of the molecule is Cc1ccc2nc(CSc3ncccc3C(=O)O)cn2c1. The van der Waals surface area contributed by atoms with Gasteiger partial charge in [0.1, 0.15) is 10.7 Å². The smallest absolute Gasteiger partial charge is 0.338 e. The fourth-order valence-corrected chi connectivity index (χ4v) is 2.91. The maximum atomic E-state index is 11.1. The molecule has 0 bridgehead atoms. The number of pyridine rings is 2. The molecule has 5 nitrogen and oxygen atoms in total. The monoisotopic (exact) mass is 299 g/mol. The van der Waals surface area contributed by atoms with E-state index in [4.69, 9.17) is 5.11 Å². The summed E-state index contributed by atoms with van der Waals surface area (Å²) in [5.74, 6) is -0.380. The molecule has 0 atom stereocenters. The summed E-state index contributed by atoms with van der Waals surface area (Å²) in [6.07, 6.45) is 5.57. The molecule has 3 aromatic rings. The predicted octanol–water partition coefficient (Wildman–Crippen LogP) is 3.03. The van der Waals surface area contributed by atoms with Crippen LogP contribution < -0.4 is 0 Å². The first-order chi connectivity index (χ1) is 10.1. The van der Waals surface area contributed by atoms with Crippen molar-refractivity contribution in [1.29, 1.82) is 0 Å². The first-order valence-corrected chi connectivity index (χ1v) is 7.37. The molecule has 1 N–H and O–H groups in total. The Hall–Kier alpha value is -2.34. The van der Waals surface area contributed by atoms with Crippen molar-refractivity contribution in [1.82, 2.24) is 14.4 Å². The quantitative estimate of drug-likeness (QED) is 0.750. The molecule has 0 saturated carbocycles. The number of rotatable bonds is 4. The van der Waals surface area contributed by atoms with E-state index < -0.39 is 5.97 Å². The summed E-state index contributed by atoms with van der Waals surface area (Å²) in [4.78, 5) is 19.8. The lowest BCUT2D eigenvalue weighted by atomic mass is 10.3. The summed E-state index contributed by atoms with van der Waals surface area (Å²) in [5, 5.41) is 9.65. The van der Waals surface area contributed by atoms with Crippen LogP contribution in [0.15, 0.2) is 47.9 Å². The van der Waals surface area contributed by atoms with Gasteiger partial charge < -0.3 is 9.51 Å². The number of fused-ring (bicyclic) bond motifs is 1. The number of nitrogens with zero attached hydrogens (tertiary/aromatic N) is 3. The summed E-state index contributed by atoms with van der Waals surface area (Å²) < 4.78 is 1.97. The zero-order valence-electron chi connectivity index (χ0n) is 11.4. The van der Waals surface area contributed by atoms with E-state index in [0.717, 1.165) is 16.9 Å². The third-order valence-electron chi connectivity index (χ3n) is 3.01. The van der Waals surface area contributed by atoms with Crippen LogP contribution in [0, 0.1) is 6.92 Å². The molecule has 0 aliphatic carbocycles. The van der Waals surface area contributed by atoms with Crippen molar-refractivity contribution in [3.8, 4) is 0 Å². The number of aryl methyl sites for hydroxylation is 1. The molecular formula is C15H13N3O2S. The van der Waals surface area contributed by atoms with E-state index in [1.807, 2.05) is 35.9 Å². The molecule has 3 aromatic heterocycles. The Morgan fingerprint density at radius 1 is 1.33 bits per heavy atom. The molecule has 3 heterocycles. The van der Waals surface area contributed by atoms with Gasteiger partial charge in [0.05, 0.1) is 11.3 Å². The summed E-state index contributed by atoms with van der Waals surface area (Å²) >= 11 is 1.38. The van der Waals surface area contributed by atoms with Gasteiger partial charge in [-0.25, -0.2) is 14.8 Å². The van der Waals surface area contributed by atoms with Gasteiger partial charge in [-0.1, -0.05) is 17.8 Å². The van der Waals surface area contributed by atoms with Crippen molar-refractivity contribution >= 4 is 23.4 Å². The minimum absolute atomic E-state index is 0.224. The van der Waals surface area contributed by atoms with Gasteiger partial charge in [0, 0.05) is 24.3 Å². The van der Waals surface area contributed by atoms with Crippen molar-refractivity contribution in [2.45, 2.75) is 17.7 Å². The zero-order chi connectivity index (χ0) is 14.8. The molecule has 21 heavy (non-hydrogen) atoms. The van der Waals surface area contributed by atoms with Crippen molar-refractivity contribution in [2.75, 3.05) is 0 Å². The molecule has 0 aromatic carbocycles. The normalized spacial score (nSPS) is 10.9. The second-order valence-electron chi connectivity index (χ2n) is 4.65. The third kappa shape index (κ3) is 2.90. The number of hydrogen-bond acceptors (Lipinski definition) is 4. The largest absolute Gasteiger partial charge is 0.478 e. The van der Waals surface area contributed by atoms with E-state index >= 15 is 0 Å². The third-order valence-corrected chi connectivity index (χ3v) is 4.05. The Balaban J connectivity index is 1.82. The van der Waals surface area contributed by atoms with Gasteiger partial charge >= 0.3 is 5.97 Å². The van der Waals surface area contributed by atoms with E-state index in [2.05, 4.69) is 9.97 Å². The van der Waals surface area contributed by atoms with E-state index in [9.17, 15) is 4.79 Å². The highest BCUT2D eigenvalue weighted by Gasteiger charge is 2.12. The molecule has 0 amide bonds. The Bertz CT molecular complexity index is 814. The highest BCUT2D eigenvalue weighted by molar-refractivity contribution is 7.98. The van der Waals surface area contributed by atoms with E-state index in [1.54, 1.807) is 18.3 Å². The van der Waals surface area contributed by atoms with Crippen LogP contribution in [0.1, 0.15) is 21.6 Å². The molecule has 0 aliphatic rings. The second-order valence-corrected chi connectivity index (χ2v) is 5.62. The highest BCUT2D eigenvalue weighted by Crippen LogP contribution is 2.24. The summed E-state index contributed by atoms with van der Waals surface area (Å²) in [6.45, 7) is 2.03. The van der Waals surface area contributed by atoms with Gasteiger partial charge in [-0.15, -0.1) is 0 Å². The number of aromatic carboxylic acids is 1. The molecule has 0 radical (unpaired) electrons. The van der Waals surface area contributed by atoms with Crippen LogP contribution in [0.2, 0.25) is 0 Å². The minimum Gasteiger partial charge on any atom is -0.478 e. The lowest BCUT2D eigenvalue weighted by molar-refractivity contribution is 0.0692. The Morgan fingerprint density at radius 2 is 2.19 bits per heavy atom. The second kappa shape index (κ2) is 5.57. The van der Waals surface area contributed by atoms with Gasteiger partial charge in [0.2, 0.25) is 0 Å². The van der Waals surface area contributed by atoms with Crippen molar-refractivity contribution in [3.63, 3.8) is 0 Å². The van der Waals surface area contributed by atoms with Crippen LogP contribution >= 0.6 is 11.8 Å². The van der Waals surface area contributed by atoms with Crippen molar-refractivity contribution < 1.29 is 9.90 Å². The molecule has 3 rings (SSSR count). The van der Waals surface area contributed by atoms with Gasteiger partial charge in [0.25, 0.3) is 0 Å². The number of thioether (sulfide) groups is 1. The zero-order valence-corrected chi connectivity index (χ0v) is 12.2. The predicted molar refractivity (Wildman–Crippen MR) is 80.7 cm³/mol. The molecule has 0 aliphatic heterocycles. The number of imidazole rings is 1. The van der Waals surface area contributed by atoms with E-state index in [0.29, 0.717) is 10.8 Å². The summed E-state index contributed by atoms with van der Waals surface area (Å²) in [7, 11) is 0. The fourth-order valence-electron chi connectivity index (χ4n) is 2.04. The summed E-state index contributed by atoms with van der Waals surface area (Å²) in [5.41, 5.74) is 3.17. The van der Waals surface area contributed by atoms with Crippen LogP contribution in [0.4, 0.5) is 0 Å². The highest BCUT2D eigenvalue weighted by atomic mass is 32.2. The Kier molecular flexibility index (Phi) is 3.62. The lowest BCUT2D eigenvalue weighted by Crippen LogP contribution is -2.00. The number of carbonyl (C=O) groups is 1. The van der Waals surface area contributed by atoms with Gasteiger partial charge in [0.15, 0.2) is 0 Å². The number of carboxylic acids is 1. The maximum Gasteiger partial charge on any atom is 0.338 e. The van der Waals surface area contributed by atoms with Crippen molar-refractivity contribution in [3.05, 3.63) is 59.7 Å². The maximum absolute atomic E-state index is 11.1. The summed E-state index contributed by atoms with van der Waals surface area (Å²) in [6, 6.07) is 7.17. The standard InChI is InChI=1S/C15H13N3O2S/c1-10-4-5-13-17-11(8-18(13)7-10)9-21-14-12(15(19)20)3-2-6-16-14/h2-8H,9H2,1H3,(H,19,20). The van der Waals surface area contributed by atoms with Crippen molar-refractivity contribution in [2.24, 2.45) is 0 Å². The number of hydrogen-bond donors (Lipinski definition) is 1.